The highest BCUT2D eigenvalue weighted by atomic mass is 16.1. The molecule has 0 spiro atoms. The predicted octanol–water partition coefficient (Wildman–Crippen LogP) is 3.62. The van der Waals surface area contributed by atoms with Gasteiger partial charge in [-0.15, -0.1) is 0 Å². The van der Waals surface area contributed by atoms with Gasteiger partial charge in [-0.05, 0) is 17.5 Å². The first-order valence-corrected chi connectivity index (χ1v) is 6.38. The van der Waals surface area contributed by atoms with E-state index >= 15 is 0 Å². The van der Waals surface area contributed by atoms with E-state index in [9.17, 15) is 4.79 Å². The minimum absolute atomic E-state index is 0.114. The van der Waals surface area contributed by atoms with Gasteiger partial charge in [-0.2, -0.15) is 0 Å². The summed E-state index contributed by atoms with van der Waals surface area (Å²) in [4.78, 5) is 18.5. The summed E-state index contributed by atoms with van der Waals surface area (Å²) in [5.74, 6) is 0. The summed E-state index contributed by atoms with van der Waals surface area (Å²) in [5, 5.41) is 2.15. The fraction of sp³-hybridized carbons (Fsp3) is 0.125. The molecule has 0 atom stereocenters. The molecule has 0 unspecified atom stereocenters. The highest BCUT2D eigenvalue weighted by molar-refractivity contribution is 5.93. The van der Waals surface area contributed by atoms with E-state index in [1.54, 1.807) is 12.3 Å². The summed E-state index contributed by atoms with van der Waals surface area (Å²) in [7, 11) is 0. The molecule has 1 aromatic carbocycles. The highest BCUT2D eigenvalue weighted by Gasteiger charge is 2.04. The van der Waals surface area contributed by atoms with Gasteiger partial charge >= 0.3 is 0 Å². The zero-order valence-corrected chi connectivity index (χ0v) is 11.1. The summed E-state index contributed by atoms with van der Waals surface area (Å²) < 4.78 is 0. The minimum Gasteiger partial charge on any atom is -0.321 e. The van der Waals surface area contributed by atoms with Crippen molar-refractivity contribution in [3.05, 3.63) is 65.1 Å². The summed E-state index contributed by atoms with van der Waals surface area (Å²) in [6, 6.07) is 15.0. The van der Waals surface area contributed by atoms with Crippen LogP contribution in [0.2, 0.25) is 0 Å². The van der Waals surface area contributed by atoms with E-state index in [1.165, 1.54) is 6.07 Å². The molecular weight excluding hydrogens is 236 g/mol. The lowest BCUT2D eigenvalue weighted by Gasteiger charge is -2.04. The summed E-state index contributed by atoms with van der Waals surface area (Å²) in [5.41, 5.74) is 1.44. The third kappa shape index (κ3) is 2.71. The standard InChI is InChI=1S/C14H10N2O.C2H6/c17-13-7-3-6-12(16-13)14-11-5-2-1-4-10(11)8-9-15-14;1-2/h1-9H,(H,16,17);1-2H3. The van der Waals surface area contributed by atoms with Gasteiger partial charge in [-0.25, -0.2) is 0 Å². The number of rotatable bonds is 1. The van der Waals surface area contributed by atoms with E-state index in [0.717, 1.165) is 22.2 Å². The van der Waals surface area contributed by atoms with Gasteiger partial charge in [-0.3, -0.25) is 9.78 Å². The Kier molecular flexibility index (Phi) is 4.08. The topological polar surface area (TPSA) is 45.8 Å². The van der Waals surface area contributed by atoms with Crippen LogP contribution in [0.5, 0.6) is 0 Å². The molecule has 19 heavy (non-hydrogen) atoms. The van der Waals surface area contributed by atoms with Crippen LogP contribution in [0.4, 0.5) is 0 Å². The predicted molar refractivity (Wildman–Crippen MR) is 79.1 cm³/mol. The Labute approximate surface area is 112 Å². The molecule has 0 aliphatic heterocycles. The number of aromatic amines is 1. The van der Waals surface area contributed by atoms with Crippen LogP contribution in [-0.4, -0.2) is 9.97 Å². The molecule has 96 valence electrons. The third-order valence-electron chi connectivity index (χ3n) is 2.70. The second-order valence-electron chi connectivity index (χ2n) is 3.81. The second-order valence-corrected chi connectivity index (χ2v) is 3.81. The number of nitrogens with zero attached hydrogens (tertiary/aromatic N) is 1. The van der Waals surface area contributed by atoms with Crippen LogP contribution in [0.1, 0.15) is 13.8 Å². The normalized spacial score (nSPS) is 9.79. The van der Waals surface area contributed by atoms with Crippen molar-refractivity contribution < 1.29 is 0 Å². The molecule has 0 saturated heterocycles. The first-order chi connectivity index (χ1) is 9.34. The average Bonchev–Trinajstić information content (AvgIpc) is 2.49. The molecule has 1 N–H and O–H groups in total. The lowest BCUT2D eigenvalue weighted by molar-refractivity contribution is 1.21. The van der Waals surface area contributed by atoms with Crippen LogP contribution < -0.4 is 5.56 Å². The molecule has 3 heteroatoms. The highest BCUT2D eigenvalue weighted by Crippen LogP contribution is 2.23. The van der Waals surface area contributed by atoms with Crippen LogP contribution in [0, 0.1) is 0 Å². The Morgan fingerprint density at radius 1 is 0.947 bits per heavy atom. The molecule has 0 fully saturated rings. The van der Waals surface area contributed by atoms with Crippen molar-refractivity contribution in [1.29, 1.82) is 0 Å². The van der Waals surface area contributed by atoms with Crippen molar-refractivity contribution >= 4 is 10.8 Å². The van der Waals surface area contributed by atoms with Crippen molar-refractivity contribution in [1.82, 2.24) is 9.97 Å². The smallest absolute Gasteiger partial charge is 0.248 e. The van der Waals surface area contributed by atoms with Gasteiger partial charge in [0.15, 0.2) is 0 Å². The summed E-state index contributed by atoms with van der Waals surface area (Å²) in [6.07, 6.45) is 1.75. The SMILES string of the molecule is CC.O=c1cccc(-c2nccc3ccccc23)[nH]1. The van der Waals surface area contributed by atoms with Gasteiger partial charge in [0.25, 0.3) is 0 Å². The molecular formula is C16H16N2O. The van der Waals surface area contributed by atoms with Crippen molar-refractivity contribution in [2.75, 3.05) is 0 Å². The van der Waals surface area contributed by atoms with Crippen LogP contribution in [0.15, 0.2) is 59.5 Å². The van der Waals surface area contributed by atoms with Gasteiger partial charge in [0.2, 0.25) is 5.56 Å². The minimum atomic E-state index is -0.114. The number of hydrogen-bond donors (Lipinski definition) is 1. The van der Waals surface area contributed by atoms with Gasteiger partial charge in [0, 0.05) is 17.6 Å². The van der Waals surface area contributed by atoms with Gasteiger partial charge in [-0.1, -0.05) is 44.2 Å². The average molecular weight is 252 g/mol. The largest absolute Gasteiger partial charge is 0.321 e. The van der Waals surface area contributed by atoms with Crippen molar-refractivity contribution in [3.8, 4) is 11.4 Å². The van der Waals surface area contributed by atoms with E-state index in [4.69, 9.17) is 0 Å². The first-order valence-electron chi connectivity index (χ1n) is 6.38. The monoisotopic (exact) mass is 252 g/mol. The van der Waals surface area contributed by atoms with Crippen molar-refractivity contribution in [2.45, 2.75) is 13.8 Å². The summed E-state index contributed by atoms with van der Waals surface area (Å²) >= 11 is 0. The van der Waals surface area contributed by atoms with E-state index in [1.807, 2.05) is 50.2 Å². The van der Waals surface area contributed by atoms with Gasteiger partial charge < -0.3 is 4.98 Å². The van der Waals surface area contributed by atoms with Gasteiger partial charge in [0.05, 0.1) is 11.4 Å². The first kappa shape index (κ1) is 13.0. The van der Waals surface area contributed by atoms with Crippen LogP contribution >= 0.6 is 0 Å². The Bertz CT molecular complexity index is 726. The van der Waals surface area contributed by atoms with Crippen LogP contribution in [-0.2, 0) is 0 Å². The number of nitrogens with one attached hydrogen (secondary N) is 1. The third-order valence-corrected chi connectivity index (χ3v) is 2.70. The van der Waals surface area contributed by atoms with Crippen molar-refractivity contribution in [2.24, 2.45) is 0 Å². The molecule has 2 heterocycles. The molecule has 3 nitrogen and oxygen atoms in total. The second kappa shape index (κ2) is 5.96. The van der Waals surface area contributed by atoms with Crippen LogP contribution in [0.3, 0.4) is 0 Å². The van der Waals surface area contributed by atoms with E-state index in [2.05, 4.69) is 9.97 Å². The molecule has 2 aromatic heterocycles. The van der Waals surface area contributed by atoms with Gasteiger partial charge in [0.1, 0.15) is 0 Å². The van der Waals surface area contributed by atoms with E-state index < -0.39 is 0 Å². The maximum Gasteiger partial charge on any atom is 0.248 e. The number of hydrogen-bond acceptors (Lipinski definition) is 2. The zero-order chi connectivity index (χ0) is 13.7. The molecule has 3 rings (SSSR count). The quantitative estimate of drug-likeness (QED) is 0.719. The lowest BCUT2D eigenvalue weighted by Crippen LogP contribution is -2.04. The Morgan fingerprint density at radius 2 is 1.74 bits per heavy atom. The van der Waals surface area contributed by atoms with E-state index in [0.29, 0.717) is 0 Å². The van der Waals surface area contributed by atoms with Crippen molar-refractivity contribution in [3.63, 3.8) is 0 Å². The van der Waals surface area contributed by atoms with Crippen LogP contribution in [0.25, 0.3) is 22.2 Å². The van der Waals surface area contributed by atoms with E-state index in [-0.39, 0.29) is 5.56 Å². The molecule has 0 amide bonds. The molecule has 3 aromatic rings. The molecule has 0 aliphatic carbocycles. The molecule has 0 bridgehead atoms. The number of aromatic nitrogens is 2. The maximum absolute atomic E-state index is 11.3. The Balaban J connectivity index is 0.000000637. The Hall–Kier alpha value is -2.42. The molecule has 0 radical (unpaired) electrons. The zero-order valence-electron chi connectivity index (χ0n) is 11.1. The number of fused-ring (bicyclic) bond motifs is 1. The number of H-pyrrole nitrogens is 1. The fourth-order valence-electron chi connectivity index (χ4n) is 1.92. The number of pyridine rings is 2. The maximum atomic E-state index is 11.3. The Morgan fingerprint density at radius 3 is 2.53 bits per heavy atom. The lowest BCUT2D eigenvalue weighted by atomic mass is 10.1. The fourth-order valence-corrected chi connectivity index (χ4v) is 1.92. The molecule has 0 saturated carbocycles. The number of benzene rings is 1. The summed E-state index contributed by atoms with van der Waals surface area (Å²) in [6.45, 7) is 4.00. The molecule has 0 aliphatic rings.